The lowest BCUT2D eigenvalue weighted by Gasteiger charge is -1.95. The lowest BCUT2D eigenvalue weighted by atomic mass is 10.9. The molecule has 0 saturated heterocycles. The molecule has 58 valence electrons. The molecule has 0 saturated carbocycles. The van der Waals surface area contributed by atoms with E-state index in [1.807, 2.05) is 0 Å². The molecule has 0 heterocycles. The molecule has 0 aliphatic rings. The molecule has 0 unspecified atom stereocenters. The highest BCUT2D eigenvalue weighted by molar-refractivity contribution is 5.66. The molecule has 10 heavy (non-hydrogen) atoms. The van der Waals surface area contributed by atoms with Crippen LogP contribution in [0.2, 0.25) is 0 Å². The second kappa shape index (κ2) is 10.6. The monoisotopic (exact) mass is 147 g/mol. The van der Waals surface area contributed by atoms with Crippen LogP contribution in [0.4, 0.5) is 4.79 Å². The van der Waals surface area contributed by atoms with E-state index in [-0.39, 0.29) is 0 Å². The van der Waals surface area contributed by atoms with Crippen LogP contribution < -0.4 is 11.3 Å². The summed E-state index contributed by atoms with van der Waals surface area (Å²) < 4.78 is 4.32. The van der Waals surface area contributed by atoms with Crippen LogP contribution in [0.1, 0.15) is 6.92 Å². The molecular formula is C4H9N3O3. The summed E-state index contributed by atoms with van der Waals surface area (Å²) in [7, 11) is 0. The van der Waals surface area contributed by atoms with Crippen molar-refractivity contribution < 1.29 is 14.3 Å². The second-order valence-electron chi connectivity index (χ2n) is 0.967. The predicted molar refractivity (Wildman–Crippen MR) is 32.8 cm³/mol. The maximum atomic E-state index is 9.95. The van der Waals surface area contributed by atoms with Gasteiger partial charge in [0.25, 0.3) is 0 Å². The number of rotatable bonds is 1. The first-order valence-corrected chi connectivity index (χ1v) is 2.40. The Kier molecular flexibility index (Phi) is 12.1. The van der Waals surface area contributed by atoms with Crippen LogP contribution in [0.5, 0.6) is 0 Å². The molecule has 6 heteroatoms. The molecule has 4 N–H and O–H groups in total. The van der Waals surface area contributed by atoms with Crippen LogP contribution >= 0.6 is 0 Å². The maximum absolute atomic E-state index is 9.95. The number of carbonyl (C=O) groups is 1. The predicted octanol–water partition coefficient (Wildman–Crippen LogP) is -0.493. The van der Waals surface area contributed by atoms with Crippen LogP contribution in [0.3, 0.4) is 0 Å². The van der Waals surface area contributed by atoms with Gasteiger partial charge in [0.15, 0.2) is 0 Å². The number of hydrogen-bond acceptors (Lipinski definition) is 5. The van der Waals surface area contributed by atoms with Crippen molar-refractivity contribution >= 4 is 12.2 Å². The number of amides is 1. The SMILES string of the molecule is CCOC(=O)NN.N=C=O. The van der Waals surface area contributed by atoms with E-state index in [9.17, 15) is 4.79 Å². The minimum Gasteiger partial charge on any atom is -0.449 e. The van der Waals surface area contributed by atoms with Gasteiger partial charge in [-0.1, -0.05) is 0 Å². The number of nitrogens with two attached hydrogens (primary N) is 1. The zero-order valence-electron chi connectivity index (χ0n) is 5.51. The van der Waals surface area contributed by atoms with Gasteiger partial charge >= 0.3 is 6.09 Å². The summed E-state index contributed by atoms with van der Waals surface area (Å²) in [5.41, 5.74) is 1.80. The number of hydrogen-bond donors (Lipinski definition) is 3. The number of carbonyl (C=O) groups excluding carboxylic acids is 2. The summed E-state index contributed by atoms with van der Waals surface area (Å²) >= 11 is 0. The summed E-state index contributed by atoms with van der Waals surface area (Å²) in [5.74, 6) is 4.63. The largest absolute Gasteiger partial charge is 0.449 e. The van der Waals surface area contributed by atoms with Gasteiger partial charge in [0.2, 0.25) is 6.08 Å². The Morgan fingerprint density at radius 2 is 2.30 bits per heavy atom. The third-order valence-corrected chi connectivity index (χ3v) is 0.393. The van der Waals surface area contributed by atoms with Crippen molar-refractivity contribution in [3.63, 3.8) is 0 Å². The summed E-state index contributed by atoms with van der Waals surface area (Å²) in [4.78, 5) is 18.3. The summed E-state index contributed by atoms with van der Waals surface area (Å²) in [6, 6.07) is 0. The molecule has 1 amide bonds. The Hall–Kier alpha value is -1.39. The molecule has 0 aliphatic heterocycles. The molecular weight excluding hydrogens is 138 g/mol. The molecule has 6 nitrogen and oxygen atoms in total. The molecule has 0 aliphatic carbocycles. The normalized spacial score (nSPS) is 6.20. The summed E-state index contributed by atoms with van der Waals surface area (Å²) in [6.07, 6.45) is 0.155. The maximum Gasteiger partial charge on any atom is 0.421 e. The van der Waals surface area contributed by atoms with Crippen LogP contribution in [0, 0.1) is 5.41 Å². The molecule has 0 radical (unpaired) electrons. The van der Waals surface area contributed by atoms with Crippen LogP contribution in [0.25, 0.3) is 0 Å². The second-order valence-corrected chi connectivity index (χ2v) is 0.967. The first-order valence-electron chi connectivity index (χ1n) is 2.40. The first kappa shape index (κ1) is 11.4. The fourth-order valence-electron chi connectivity index (χ4n) is 0.173. The van der Waals surface area contributed by atoms with E-state index in [4.69, 9.17) is 10.2 Å². The average Bonchev–Trinajstić information content (AvgIpc) is 1.90. The molecule has 0 fully saturated rings. The van der Waals surface area contributed by atoms with Crippen molar-refractivity contribution in [2.75, 3.05) is 6.61 Å². The van der Waals surface area contributed by atoms with Gasteiger partial charge in [0.05, 0.1) is 6.61 Å². The molecule has 0 atom stereocenters. The van der Waals surface area contributed by atoms with E-state index in [1.54, 1.807) is 12.3 Å². The number of ether oxygens (including phenoxy) is 1. The van der Waals surface area contributed by atoms with Crippen LogP contribution in [-0.2, 0) is 9.53 Å². The van der Waals surface area contributed by atoms with E-state index in [1.165, 1.54) is 0 Å². The Morgan fingerprint density at radius 3 is 2.40 bits per heavy atom. The average molecular weight is 147 g/mol. The highest BCUT2D eigenvalue weighted by Gasteiger charge is 1.89. The standard InChI is InChI=1S/C3H8N2O2.CHNO/c1-2-7-3(6)5-4;2-1-3/h2,4H2,1H3,(H,5,6);2H. The van der Waals surface area contributed by atoms with Gasteiger partial charge in [-0.2, -0.15) is 0 Å². The first-order chi connectivity index (χ1) is 4.72. The topological polar surface area (TPSA) is 105 Å². The Bertz CT molecular complexity index is 119. The van der Waals surface area contributed by atoms with Gasteiger partial charge in [-0.05, 0) is 6.92 Å². The van der Waals surface area contributed by atoms with Gasteiger partial charge in [-0.15, -0.1) is 0 Å². The van der Waals surface area contributed by atoms with Crippen LogP contribution in [-0.4, -0.2) is 18.8 Å². The smallest absolute Gasteiger partial charge is 0.421 e. The number of hydrazine groups is 1. The molecule has 0 aromatic heterocycles. The van der Waals surface area contributed by atoms with E-state index >= 15 is 0 Å². The Morgan fingerprint density at radius 1 is 1.90 bits per heavy atom. The molecule has 0 bridgehead atoms. The summed E-state index contributed by atoms with van der Waals surface area (Å²) in [6.45, 7) is 2.05. The number of nitrogens with one attached hydrogen (secondary N) is 2. The number of isocyanates is 1. The Labute approximate surface area is 57.8 Å². The fourth-order valence-corrected chi connectivity index (χ4v) is 0.173. The van der Waals surface area contributed by atoms with Gasteiger partial charge in [0, 0.05) is 0 Å². The van der Waals surface area contributed by atoms with Gasteiger partial charge in [-0.3, -0.25) is 5.43 Å². The van der Waals surface area contributed by atoms with E-state index in [0.717, 1.165) is 6.08 Å². The van der Waals surface area contributed by atoms with Crippen LogP contribution in [0.15, 0.2) is 0 Å². The lowest BCUT2D eigenvalue weighted by molar-refractivity contribution is 0.152. The highest BCUT2D eigenvalue weighted by Crippen LogP contribution is 1.69. The molecule has 0 aromatic rings. The van der Waals surface area contributed by atoms with Crippen molar-refractivity contribution in [2.45, 2.75) is 6.92 Å². The van der Waals surface area contributed by atoms with Crippen molar-refractivity contribution in [2.24, 2.45) is 5.84 Å². The fraction of sp³-hybridized carbons (Fsp3) is 0.500. The zero-order valence-corrected chi connectivity index (χ0v) is 5.51. The van der Waals surface area contributed by atoms with Gasteiger partial charge < -0.3 is 4.74 Å². The van der Waals surface area contributed by atoms with E-state index < -0.39 is 6.09 Å². The van der Waals surface area contributed by atoms with E-state index in [0.29, 0.717) is 6.61 Å². The zero-order chi connectivity index (χ0) is 8.41. The van der Waals surface area contributed by atoms with Gasteiger partial charge in [0.1, 0.15) is 0 Å². The van der Waals surface area contributed by atoms with Crippen molar-refractivity contribution in [1.29, 1.82) is 5.41 Å². The minimum atomic E-state index is -0.595. The van der Waals surface area contributed by atoms with Crippen molar-refractivity contribution in [1.82, 2.24) is 5.43 Å². The minimum absolute atomic E-state index is 0.350. The Balaban J connectivity index is 0. The van der Waals surface area contributed by atoms with E-state index in [2.05, 4.69) is 10.6 Å². The van der Waals surface area contributed by atoms with Crippen molar-refractivity contribution in [3.05, 3.63) is 0 Å². The third-order valence-electron chi connectivity index (χ3n) is 0.393. The lowest BCUT2D eigenvalue weighted by Crippen LogP contribution is -2.30. The van der Waals surface area contributed by atoms with Gasteiger partial charge in [-0.25, -0.2) is 20.8 Å². The quantitative estimate of drug-likeness (QED) is 0.153. The van der Waals surface area contributed by atoms with Crippen molar-refractivity contribution in [3.8, 4) is 0 Å². The third kappa shape index (κ3) is 16.0. The molecule has 0 rings (SSSR count). The molecule has 0 aromatic carbocycles. The summed E-state index contributed by atoms with van der Waals surface area (Å²) in [5, 5.41) is 5.40. The highest BCUT2D eigenvalue weighted by atomic mass is 16.5. The molecule has 0 spiro atoms.